The number of hydrogen-bond donors (Lipinski definition) is 2. The number of amides is 2. The second-order valence-electron chi connectivity index (χ2n) is 5.19. The van der Waals surface area contributed by atoms with E-state index >= 15 is 0 Å². The van der Waals surface area contributed by atoms with Gasteiger partial charge in [-0.3, -0.25) is 0 Å². The first-order valence-corrected chi connectivity index (χ1v) is 6.85. The fourth-order valence-corrected chi connectivity index (χ4v) is 2.59. The largest absolute Gasteiger partial charge is 0.338 e. The van der Waals surface area contributed by atoms with Crippen LogP contribution in [0, 0.1) is 12.8 Å². The van der Waals surface area contributed by atoms with E-state index in [0.717, 1.165) is 30.1 Å². The molecule has 0 atom stereocenters. The van der Waals surface area contributed by atoms with Crippen molar-refractivity contribution in [3.63, 3.8) is 0 Å². The minimum atomic E-state index is -0.0985. The lowest BCUT2D eigenvalue weighted by atomic mass is 10.0. The smallest absolute Gasteiger partial charge is 0.319 e. The summed E-state index contributed by atoms with van der Waals surface area (Å²) in [4.78, 5) is 11.7. The van der Waals surface area contributed by atoms with Gasteiger partial charge in [-0.2, -0.15) is 0 Å². The molecule has 0 saturated heterocycles. The maximum absolute atomic E-state index is 11.7. The van der Waals surface area contributed by atoms with Crippen LogP contribution in [0.2, 0.25) is 0 Å². The van der Waals surface area contributed by atoms with Crippen molar-refractivity contribution in [2.24, 2.45) is 5.92 Å². The summed E-state index contributed by atoms with van der Waals surface area (Å²) in [6.07, 6.45) is 6.50. The fraction of sp³-hybridized carbons (Fsp3) is 0.533. The van der Waals surface area contributed by atoms with Crippen LogP contribution in [-0.4, -0.2) is 12.6 Å². The molecule has 0 unspecified atom stereocenters. The minimum absolute atomic E-state index is 0.0985. The Labute approximate surface area is 109 Å². The highest BCUT2D eigenvalue weighted by molar-refractivity contribution is 5.89. The first-order valence-electron chi connectivity index (χ1n) is 6.85. The van der Waals surface area contributed by atoms with Crippen LogP contribution in [0.15, 0.2) is 24.3 Å². The van der Waals surface area contributed by atoms with Crippen LogP contribution in [0.1, 0.15) is 37.7 Å². The third kappa shape index (κ3) is 4.06. The fourth-order valence-electron chi connectivity index (χ4n) is 2.59. The standard InChI is InChI=1S/C15H22N2O/c1-12-5-4-8-14(11-12)17-15(18)16-10-9-13-6-2-3-7-13/h4-5,8,11,13H,2-3,6-7,9-10H2,1H3,(H2,16,17,18). The molecule has 0 bridgehead atoms. The molecule has 1 aliphatic carbocycles. The van der Waals surface area contributed by atoms with E-state index in [4.69, 9.17) is 0 Å². The summed E-state index contributed by atoms with van der Waals surface area (Å²) in [5.74, 6) is 0.823. The monoisotopic (exact) mass is 246 g/mol. The van der Waals surface area contributed by atoms with Gasteiger partial charge in [0.1, 0.15) is 0 Å². The third-order valence-electron chi connectivity index (χ3n) is 3.59. The Morgan fingerprint density at radius 2 is 2.11 bits per heavy atom. The Kier molecular flexibility index (Phi) is 4.62. The molecule has 98 valence electrons. The van der Waals surface area contributed by atoms with E-state index in [0.29, 0.717) is 0 Å². The van der Waals surface area contributed by atoms with Gasteiger partial charge in [-0.15, -0.1) is 0 Å². The van der Waals surface area contributed by atoms with Crippen LogP contribution in [0.5, 0.6) is 0 Å². The van der Waals surface area contributed by atoms with Gasteiger partial charge in [0, 0.05) is 12.2 Å². The topological polar surface area (TPSA) is 41.1 Å². The van der Waals surface area contributed by atoms with Gasteiger partial charge in [-0.05, 0) is 37.0 Å². The average molecular weight is 246 g/mol. The van der Waals surface area contributed by atoms with E-state index < -0.39 is 0 Å². The van der Waals surface area contributed by atoms with Gasteiger partial charge in [0.05, 0.1) is 0 Å². The molecular weight excluding hydrogens is 224 g/mol. The molecule has 2 rings (SSSR count). The molecule has 2 amide bonds. The number of rotatable bonds is 4. The van der Waals surface area contributed by atoms with Crippen LogP contribution in [0.25, 0.3) is 0 Å². The lowest BCUT2D eigenvalue weighted by Gasteiger charge is -2.11. The van der Waals surface area contributed by atoms with Crippen LogP contribution in [-0.2, 0) is 0 Å². The van der Waals surface area contributed by atoms with Crippen LogP contribution < -0.4 is 10.6 Å². The number of nitrogens with one attached hydrogen (secondary N) is 2. The number of anilines is 1. The number of carbonyl (C=O) groups excluding carboxylic acids is 1. The van der Waals surface area contributed by atoms with Gasteiger partial charge in [-0.25, -0.2) is 4.79 Å². The highest BCUT2D eigenvalue weighted by atomic mass is 16.2. The Morgan fingerprint density at radius 1 is 1.33 bits per heavy atom. The van der Waals surface area contributed by atoms with E-state index in [1.807, 2.05) is 31.2 Å². The zero-order valence-electron chi connectivity index (χ0n) is 11.0. The van der Waals surface area contributed by atoms with Crippen molar-refractivity contribution in [1.29, 1.82) is 0 Å². The van der Waals surface area contributed by atoms with Gasteiger partial charge in [0.25, 0.3) is 0 Å². The molecule has 1 fully saturated rings. The quantitative estimate of drug-likeness (QED) is 0.835. The maximum atomic E-state index is 11.7. The molecule has 1 aliphatic rings. The van der Waals surface area contributed by atoms with Crippen molar-refractivity contribution in [2.45, 2.75) is 39.0 Å². The van der Waals surface area contributed by atoms with Crippen molar-refractivity contribution in [2.75, 3.05) is 11.9 Å². The number of benzene rings is 1. The van der Waals surface area contributed by atoms with Gasteiger partial charge in [0.15, 0.2) is 0 Å². The molecule has 3 nitrogen and oxygen atoms in total. The Morgan fingerprint density at radius 3 is 2.83 bits per heavy atom. The van der Waals surface area contributed by atoms with Gasteiger partial charge >= 0.3 is 6.03 Å². The lowest BCUT2D eigenvalue weighted by molar-refractivity contribution is 0.251. The molecule has 0 aromatic heterocycles. The molecule has 0 spiro atoms. The van der Waals surface area contributed by atoms with Gasteiger partial charge in [0.2, 0.25) is 0 Å². The summed E-state index contributed by atoms with van der Waals surface area (Å²) in [5, 5.41) is 5.79. The number of urea groups is 1. The average Bonchev–Trinajstić information content (AvgIpc) is 2.82. The molecule has 0 heterocycles. The normalized spacial score (nSPS) is 15.6. The van der Waals surface area contributed by atoms with Crippen LogP contribution in [0.3, 0.4) is 0 Å². The predicted molar refractivity (Wildman–Crippen MR) is 74.8 cm³/mol. The Hall–Kier alpha value is -1.51. The molecule has 1 saturated carbocycles. The zero-order valence-corrected chi connectivity index (χ0v) is 11.0. The second-order valence-corrected chi connectivity index (χ2v) is 5.19. The number of carbonyl (C=O) groups is 1. The molecule has 0 aliphatic heterocycles. The molecule has 2 N–H and O–H groups in total. The molecule has 18 heavy (non-hydrogen) atoms. The highest BCUT2D eigenvalue weighted by Crippen LogP contribution is 2.26. The van der Waals surface area contributed by atoms with E-state index in [1.54, 1.807) is 0 Å². The van der Waals surface area contributed by atoms with Crippen molar-refractivity contribution >= 4 is 11.7 Å². The van der Waals surface area contributed by atoms with Crippen molar-refractivity contribution in [3.8, 4) is 0 Å². The lowest BCUT2D eigenvalue weighted by Crippen LogP contribution is -2.30. The minimum Gasteiger partial charge on any atom is -0.338 e. The van der Waals surface area contributed by atoms with Crippen LogP contribution >= 0.6 is 0 Å². The SMILES string of the molecule is Cc1cccc(NC(=O)NCCC2CCCC2)c1. The second kappa shape index (κ2) is 6.43. The molecule has 3 heteroatoms. The number of aryl methyl sites for hydroxylation is 1. The van der Waals surface area contributed by atoms with Gasteiger partial charge < -0.3 is 10.6 Å². The summed E-state index contributed by atoms with van der Waals surface area (Å²) >= 11 is 0. The number of hydrogen-bond acceptors (Lipinski definition) is 1. The van der Waals surface area contributed by atoms with Crippen LogP contribution in [0.4, 0.5) is 10.5 Å². The Balaban J connectivity index is 1.68. The Bertz CT molecular complexity index is 397. The van der Waals surface area contributed by atoms with E-state index in [-0.39, 0.29) is 6.03 Å². The van der Waals surface area contributed by atoms with Crippen molar-refractivity contribution in [3.05, 3.63) is 29.8 Å². The van der Waals surface area contributed by atoms with Crippen molar-refractivity contribution < 1.29 is 4.79 Å². The third-order valence-corrected chi connectivity index (χ3v) is 3.59. The maximum Gasteiger partial charge on any atom is 0.319 e. The molecule has 1 aromatic rings. The summed E-state index contributed by atoms with van der Waals surface area (Å²) in [6.45, 7) is 2.80. The van der Waals surface area contributed by atoms with E-state index in [9.17, 15) is 4.79 Å². The van der Waals surface area contributed by atoms with E-state index in [1.165, 1.54) is 25.7 Å². The van der Waals surface area contributed by atoms with Gasteiger partial charge in [-0.1, -0.05) is 37.8 Å². The molecule has 1 aromatic carbocycles. The summed E-state index contributed by atoms with van der Waals surface area (Å²) in [5.41, 5.74) is 2.01. The first kappa shape index (κ1) is 12.9. The zero-order chi connectivity index (χ0) is 12.8. The predicted octanol–water partition coefficient (Wildman–Crippen LogP) is 3.70. The molecular formula is C15H22N2O. The summed E-state index contributed by atoms with van der Waals surface area (Å²) < 4.78 is 0. The first-order chi connectivity index (χ1) is 8.74. The summed E-state index contributed by atoms with van der Waals surface area (Å²) in [7, 11) is 0. The van der Waals surface area contributed by atoms with E-state index in [2.05, 4.69) is 10.6 Å². The molecule has 0 radical (unpaired) electrons. The summed E-state index contributed by atoms with van der Waals surface area (Å²) in [6, 6.07) is 7.74. The highest BCUT2D eigenvalue weighted by Gasteiger charge is 2.14. The van der Waals surface area contributed by atoms with Crippen molar-refractivity contribution in [1.82, 2.24) is 5.32 Å².